The van der Waals surface area contributed by atoms with Crippen LogP contribution in [0.4, 0.5) is 5.69 Å². The normalized spacial score (nSPS) is 12.9. The second-order valence-electron chi connectivity index (χ2n) is 6.04. The Bertz CT molecular complexity index is 545. The van der Waals surface area contributed by atoms with Crippen LogP contribution in [0.3, 0.4) is 0 Å². The molecule has 1 aromatic rings. The lowest BCUT2D eigenvalue weighted by atomic mass is 9.97. The van der Waals surface area contributed by atoms with E-state index >= 15 is 0 Å². The zero-order valence-electron chi connectivity index (χ0n) is 12.4. The summed E-state index contributed by atoms with van der Waals surface area (Å²) in [5.74, 6) is 0. The number of anilines is 1. The Kier molecular flexibility index (Phi) is 4.63. The van der Waals surface area contributed by atoms with Crippen LogP contribution in [0.2, 0.25) is 0 Å². The molecule has 1 rings (SSSR count). The maximum Gasteiger partial charge on any atom is 0.242 e. The van der Waals surface area contributed by atoms with Crippen molar-refractivity contribution in [1.29, 1.82) is 0 Å². The smallest absolute Gasteiger partial charge is 0.242 e. The molecule has 0 saturated heterocycles. The molecule has 0 unspecified atom stereocenters. The summed E-state index contributed by atoms with van der Waals surface area (Å²) in [5.41, 5.74) is 7.29. The van der Waals surface area contributed by atoms with Crippen molar-refractivity contribution < 1.29 is 8.42 Å². The van der Waals surface area contributed by atoms with E-state index in [2.05, 4.69) is 0 Å². The number of hydrogen-bond donors (Lipinski definition) is 1. The Hall–Kier alpha value is -1.07. The molecule has 4 nitrogen and oxygen atoms in total. The number of aryl methyl sites for hydroxylation is 1. The van der Waals surface area contributed by atoms with Crippen molar-refractivity contribution in [3.63, 3.8) is 0 Å². The van der Waals surface area contributed by atoms with Crippen LogP contribution < -0.4 is 5.73 Å². The van der Waals surface area contributed by atoms with Gasteiger partial charge >= 0.3 is 0 Å². The molecule has 2 N–H and O–H groups in total. The highest BCUT2D eigenvalue weighted by molar-refractivity contribution is 7.89. The Labute approximate surface area is 116 Å². The number of sulfonamides is 1. The summed E-state index contributed by atoms with van der Waals surface area (Å²) in [4.78, 5) is 0.258. The van der Waals surface area contributed by atoms with Crippen LogP contribution in [-0.2, 0) is 16.4 Å². The Morgan fingerprint density at radius 2 is 1.84 bits per heavy atom. The van der Waals surface area contributed by atoms with Gasteiger partial charge in [-0.2, -0.15) is 0 Å². The van der Waals surface area contributed by atoms with Crippen LogP contribution >= 0.6 is 0 Å². The first-order valence-electron chi connectivity index (χ1n) is 6.42. The average Bonchev–Trinajstić information content (AvgIpc) is 2.26. The summed E-state index contributed by atoms with van der Waals surface area (Å²) in [7, 11) is -1.86. The van der Waals surface area contributed by atoms with E-state index in [1.165, 1.54) is 4.31 Å². The van der Waals surface area contributed by atoms with Gasteiger partial charge in [-0.1, -0.05) is 33.8 Å². The number of nitrogens with zero attached hydrogens (tertiary/aromatic N) is 1. The summed E-state index contributed by atoms with van der Waals surface area (Å²) in [6, 6.07) is 4.96. The van der Waals surface area contributed by atoms with Gasteiger partial charge in [-0.3, -0.25) is 0 Å². The highest BCUT2D eigenvalue weighted by Crippen LogP contribution is 2.23. The van der Waals surface area contributed by atoms with E-state index in [4.69, 9.17) is 5.73 Å². The van der Waals surface area contributed by atoms with Crippen LogP contribution in [-0.4, -0.2) is 26.3 Å². The third kappa shape index (κ3) is 3.94. The molecule has 0 aliphatic rings. The van der Waals surface area contributed by atoms with Crippen LogP contribution in [0.1, 0.15) is 33.3 Å². The van der Waals surface area contributed by atoms with Gasteiger partial charge in [0, 0.05) is 19.3 Å². The molecule has 0 aliphatic carbocycles. The van der Waals surface area contributed by atoms with Crippen LogP contribution in [0.25, 0.3) is 0 Å². The lowest BCUT2D eigenvalue weighted by Gasteiger charge is -2.26. The first-order chi connectivity index (χ1) is 8.58. The summed E-state index contributed by atoms with van der Waals surface area (Å²) in [6.07, 6.45) is 0.796. The van der Waals surface area contributed by atoms with Crippen LogP contribution in [0.5, 0.6) is 0 Å². The van der Waals surface area contributed by atoms with Gasteiger partial charge in [-0.15, -0.1) is 0 Å². The SMILES string of the molecule is CCc1ccc(S(=O)(=O)N(C)CC(C)(C)C)cc1N. The van der Waals surface area contributed by atoms with Gasteiger partial charge in [0.1, 0.15) is 0 Å². The Morgan fingerprint density at radius 3 is 2.26 bits per heavy atom. The Morgan fingerprint density at radius 1 is 1.26 bits per heavy atom. The van der Waals surface area contributed by atoms with Gasteiger partial charge in [-0.05, 0) is 29.5 Å². The van der Waals surface area contributed by atoms with E-state index in [9.17, 15) is 8.42 Å². The van der Waals surface area contributed by atoms with Crippen molar-refractivity contribution in [2.45, 2.75) is 39.0 Å². The van der Waals surface area contributed by atoms with Gasteiger partial charge in [0.05, 0.1) is 4.90 Å². The zero-order valence-corrected chi connectivity index (χ0v) is 13.2. The largest absolute Gasteiger partial charge is 0.398 e. The maximum atomic E-state index is 12.4. The number of nitrogens with two attached hydrogens (primary N) is 1. The molecule has 0 amide bonds. The van der Waals surface area contributed by atoms with Gasteiger partial charge in [0.25, 0.3) is 0 Å². The molecule has 19 heavy (non-hydrogen) atoms. The highest BCUT2D eigenvalue weighted by Gasteiger charge is 2.25. The third-order valence-electron chi connectivity index (χ3n) is 2.90. The highest BCUT2D eigenvalue weighted by atomic mass is 32.2. The molecule has 0 saturated carbocycles. The Balaban J connectivity index is 3.10. The van der Waals surface area contributed by atoms with E-state index in [0.29, 0.717) is 12.2 Å². The zero-order chi connectivity index (χ0) is 14.8. The van der Waals surface area contributed by atoms with Gasteiger partial charge in [-0.25, -0.2) is 12.7 Å². The minimum Gasteiger partial charge on any atom is -0.398 e. The van der Waals surface area contributed by atoms with Gasteiger partial charge in [0.15, 0.2) is 0 Å². The molecule has 0 heterocycles. The predicted molar refractivity (Wildman–Crippen MR) is 79.5 cm³/mol. The molecular weight excluding hydrogens is 260 g/mol. The number of benzene rings is 1. The lowest BCUT2D eigenvalue weighted by Crippen LogP contribution is -2.34. The quantitative estimate of drug-likeness (QED) is 0.864. The fourth-order valence-corrected chi connectivity index (χ4v) is 3.42. The summed E-state index contributed by atoms with van der Waals surface area (Å²) < 4.78 is 26.2. The van der Waals surface area contributed by atoms with Crippen molar-refractivity contribution in [2.24, 2.45) is 5.41 Å². The summed E-state index contributed by atoms with van der Waals surface area (Å²) >= 11 is 0. The molecule has 0 atom stereocenters. The maximum absolute atomic E-state index is 12.4. The molecule has 108 valence electrons. The minimum absolute atomic E-state index is 0.0866. The molecule has 5 heteroatoms. The van der Waals surface area contributed by atoms with E-state index in [-0.39, 0.29) is 10.3 Å². The van der Waals surface area contributed by atoms with Crippen LogP contribution in [0.15, 0.2) is 23.1 Å². The molecular formula is C14H24N2O2S. The van der Waals surface area contributed by atoms with Crippen LogP contribution in [0, 0.1) is 5.41 Å². The fraction of sp³-hybridized carbons (Fsp3) is 0.571. The first kappa shape index (κ1) is 16.0. The standard InChI is InChI=1S/C14H24N2O2S/c1-6-11-7-8-12(9-13(11)15)19(17,18)16(5)10-14(2,3)4/h7-9H,6,10,15H2,1-5H3. The predicted octanol–water partition coefficient (Wildman–Crippen LogP) is 2.50. The third-order valence-corrected chi connectivity index (χ3v) is 4.70. The molecule has 0 aromatic heterocycles. The lowest BCUT2D eigenvalue weighted by molar-refractivity contribution is 0.311. The minimum atomic E-state index is -3.47. The second-order valence-corrected chi connectivity index (χ2v) is 8.08. The van der Waals surface area contributed by atoms with E-state index in [0.717, 1.165) is 12.0 Å². The van der Waals surface area contributed by atoms with Crippen molar-refractivity contribution in [3.8, 4) is 0 Å². The monoisotopic (exact) mass is 284 g/mol. The number of rotatable bonds is 4. The fourth-order valence-electron chi connectivity index (χ4n) is 1.99. The molecule has 0 aliphatic heterocycles. The number of hydrogen-bond acceptors (Lipinski definition) is 3. The first-order valence-corrected chi connectivity index (χ1v) is 7.86. The molecule has 0 spiro atoms. The van der Waals surface area contributed by atoms with Crippen molar-refractivity contribution in [1.82, 2.24) is 4.31 Å². The van der Waals surface area contributed by atoms with E-state index in [1.807, 2.05) is 27.7 Å². The molecule has 0 radical (unpaired) electrons. The molecule has 1 aromatic carbocycles. The summed E-state index contributed by atoms with van der Waals surface area (Å²) in [6.45, 7) is 8.48. The molecule has 0 bridgehead atoms. The second kappa shape index (κ2) is 5.51. The number of nitrogen functional groups attached to an aromatic ring is 1. The van der Waals surface area contributed by atoms with Crippen molar-refractivity contribution >= 4 is 15.7 Å². The summed E-state index contributed by atoms with van der Waals surface area (Å²) in [5, 5.41) is 0. The van der Waals surface area contributed by atoms with Crippen molar-refractivity contribution in [2.75, 3.05) is 19.3 Å². The van der Waals surface area contributed by atoms with E-state index in [1.54, 1.807) is 25.2 Å². The van der Waals surface area contributed by atoms with E-state index < -0.39 is 10.0 Å². The topological polar surface area (TPSA) is 63.4 Å². The van der Waals surface area contributed by atoms with Gasteiger partial charge in [0.2, 0.25) is 10.0 Å². The van der Waals surface area contributed by atoms with Crippen molar-refractivity contribution in [3.05, 3.63) is 23.8 Å². The average molecular weight is 284 g/mol. The van der Waals surface area contributed by atoms with Gasteiger partial charge < -0.3 is 5.73 Å². The molecule has 0 fully saturated rings.